The van der Waals surface area contributed by atoms with Crippen LogP contribution in [-0.2, 0) is 0 Å². The van der Waals surface area contributed by atoms with Crippen molar-refractivity contribution in [2.24, 2.45) is 0 Å². The molecule has 0 unspecified atom stereocenters. The average molecular weight is 254 g/mol. The van der Waals surface area contributed by atoms with E-state index in [1.54, 1.807) is 0 Å². The lowest BCUT2D eigenvalue weighted by molar-refractivity contribution is 0.512. The van der Waals surface area contributed by atoms with E-state index in [0.29, 0.717) is 15.4 Å². The molecule has 3 nitrogen and oxygen atoms in total. The summed E-state index contributed by atoms with van der Waals surface area (Å²) in [5.41, 5.74) is 0. The van der Waals surface area contributed by atoms with Gasteiger partial charge in [-0.3, -0.25) is 0 Å². The summed E-state index contributed by atoms with van der Waals surface area (Å²) in [5, 5.41) is 3.06. The standard InChI is InChI=1S/C6H6BrClFN3/c7-4-5(8)11-3-12-6(4)10-2-1-9/h3H,1-2H2,(H,10,11,12). The van der Waals surface area contributed by atoms with Gasteiger partial charge in [0.25, 0.3) is 0 Å². The zero-order valence-corrected chi connectivity index (χ0v) is 8.36. The third-order valence-corrected chi connectivity index (χ3v) is 2.40. The molecule has 0 atom stereocenters. The minimum atomic E-state index is -0.450. The number of anilines is 1. The van der Waals surface area contributed by atoms with Gasteiger partial charge in [0.15, 0.2) is 0 Å². The van der Waals surface area contributed by atoms with E-state index >= 15 is 0 Å². The van der Waals surface area contributed by atoms with Crippen LogP contribution in [0, 0.1) is 0 Å². The second-order valence-electron chi connectivity index (χ2n) is 1.94. The van der Waals surface area contributed by atoms with E-state index in [1.165, 1.54) is 6.33 Å². The molecule has 0 bridgehead atoms. The lowest BCUT2D eigenvalue weighted by Crippen LogP contribution is -2.05. The second-order valence-corrected chi connectivity index (χ2v) is 3.09. The van der Waals surface area contributed by atoms with Crippen molar-refractivity contribution < 1.29 is 4.39 Å². The molecular weight excluding hydrogens is 248 g/mol. The minimum absolute atomic E-state index is 0.214. The van der Waals surface area contributed by atoms with E-state index in [1.807, 2.05) is 0 Å². The third-order valence-electron chi connectivity index (χ3n) is 1.13. The maximum atomic E-state index is 11.8. The fraction of sp³-hybridized carbons (Fsp3) is 0.333. The third kappa shape index (κ3) is 2.28. The van der Waals surface area contributed by atoms with Crippen molar-refractivity contribution >= 4 is 33.3 Å². The van der Waals surface area contributed by atoms with Gasteiger partial charge in [0.2, 0.25) is 0 Å². The molecular formula is C6H6BrClFN3. The monoisotopic (exact) mass is 253 g/mol. The number of alkyl halides is 1. The molecule has 1 heterocycles. The number of hydrogen-bond acceptors (Lipinski definition) is 3. The molecule has 1 aromatic rings. The van der Waals surface area contributed by atoms with Crippen molar-refractivity contribution in [2.45, 2.75) is 0 Å². The fourth-order valence-electron chi connectivity index (χ4n) is 0.637. The Hall–Kier alpha value is -0.420. The molecule has 0 aromatic carbocycles. The Morgan fingerprint density at radius 3 is 3.00 bits per heavy atom. The van der Waals surface area contributed by atoms with Crippen LogP contribution in [0.4, 0.5) is 10.2 Å². The maximum absolute atomic E-state index is 11.8. The number of nitrogens with zero attached hydrogens (tertiary/aromatic N) is 2. The van der Waals surface area contributed by atoms with Gasteiger partial charge >= 0.3 is 0 Å². The van der Waals surface area contributed by atoms with E-state index < -0.39 is 6.67 Å². The van der Waals surface area contributed by atoms with Crippen molar-refractivity contribution in [1.29, 1.82) is 0 Å². The van der Waals surface area contributed by atoms with Gasteiger partial charge in [-0.1, -0.05) is 11.6 Å². The summed E-state index contributed by atoms with van der Waals surface area (Å²) in [6.45, 7) is -0.236. The first-order valence-electron chi connectivity index (χ1n) is 3.21. The summed E-state index contributed by atoms with van der Waals surface area (Å²) >= 11 is 8.83. The zero-order valence-electron chi connectivity index (χ0n) is 6.02. The van der Waals surface area contributed by atoms with Gasteiger partial charge in [0.05, 0.1) is 4.47 Å². The predicted molar refractivity (Wildman–Crippen MR) is 49.2 cm³/mol. The molecule has 1 N–H and O–H groups in total. The highest BCUT2D eigenvalue weighted by Gasteiger charge is 2.04. The minimum Gasteiger partial charge on any atom is -0.366 e. The summed E-state index contributed by atoms with van der Waals surface area (Å²) in [6.07, 6.45) is 1.31. The van der Waals surface area contributed by atoms with Crippen LogP contribution in [0.25, 0.3) is 0 Å². The summed E-state index contributed by atoms with van der Waals surface area (Å²) < 4.78 is 12.3. The van der Waals surface area contributed by atoms with Gasteiger partial charge in [-0.15, -0.1) is 0 Å². The molecule has 0 aliphatic heterocycles. The van der Waals surface area contributed by atoms with Crippen LogP contribution in [0.1, 0.15) is 0 Å². The van der Waals surface area contributed by atoms with E-state index in [2.05, 4.69) is 31.2 Å². The van der Waals surface area contributed by atoms with E-state index in [0.717, 1.165) is 0 Å². The molecule has 12 heavy (non-hydrogen) atoms. The average Bonchev–Trinajstić information content (AvgIpc) is 2.08. The molecule has 0 saturated heterocycles. The van der Waals surface area contributed by atoms with Gasteiger partial charge in [-0.05, 0) is 15.9 Å². The van der Waals surface area contributed by atoms with Gasteiger partial charge in [0.1, 0.15) is 24.0 Å². The van der Waals surface area contributed by atoms with Gasteiger partial charge in [0, 0.05) is 6.54 Å². The van der Waals surface area contributed by atoms with Crippen LogP contribution in [0.2, 0.25) is 5.15 Å². The Labute approximate surface area is 82.5 Å². The molecule has 0 fully saturated rings. The van der Waals surface area contributed by atoms with Crippen molar-refractivity contribution in [3.8, 4) is 0 Å². The first kappa shape index (κ1) is 9.67. The summed E-state index contributed by atoms with van der Waals surface area (Å²) in [6, 6.07) is 0. The van der Waals surface area contributed by atoms with Crippen molar-refractivity contribution in [2.75, 3.05) is 18.5 Å². The molecule has 0 saturated carbocycles. The van der Waals surface area contributed by atoms with Crippen molar-refractivity contribution in [1.82, 2.24) is 9.97 Å². The van der Waals surface area contributed by atoms with Crippen LogP contribution in [0.3, 0.4) is 0 Å². The molecule has 0 aliphatic carbocycles. The second kappa shape index (κ2) is 4.57. The number of halogens is 3. The summed E-state index contributed by atoms with van der Waals surface area (Å²) in [5.74, 6) is 0.507. The summed E-state index contributed by atoms with van der Waals surface area (Å²) in [4.78, 5) is 7.58. The van der Waals surface area contributed by atoms with E-state index in [9.17, 15) is 4.39 Å². The zero-order chi connectivity index (χ0) is 8.97. The Morgan fingerprint density at radius 1 is 1.58 bits per heavy atom. The maximum Gasteiger partial charge on any atom is 0.148 e. The highest BCUT2D eigenvalue weighted by Crippen LogP contribution is 2.25. The molecule has 0 amide bonds. The molecule has 1 rings (SSSR count). The molecule has 0 aliphatic rings. The number of nitrogens with one attached hydrogen (secondary N) is 1. The van der Waals surface area contributed by atoms with E-state index in [4.69, 9.17) is 11.6 Å². The predicted octanol–water partition coefficient (Wildman–Crippen LogP) is 2.27. The van der Waals surface area contributed by atoms with Crippen LogP contribution in [0.5, 0.6) is 0 Å². The van der Waals surface area contributed by atoms with Crippen molar-refractivity contribution in [3.05, 3.63) is 16.0 Å². The first-order chi connectivity index (χ1) is 5.75. The smallest absolute Gasteiger partial charge is 0.148 e. The molecule has 6 heteroatoms. The van der Waals surface area contributed by atoms with Crippen LogP contribution in [0.15, 0.2) is 10.8 Å². The van der Waals surface area contributed by atoms with Crippen molar-refractivity contribution in [3.63, 3.8) is 0 Å². The fourth-order valence-corrected chi connectivity index (χ4v) is 1.12. The van der Waals surface area contributed by atoms with Gasteiger partial charge in [-0.25, -0.2) is 14.4 Å². The highest BCUT2D eigenvalue weighted by atomic mass is 79.9. The number of rotatable bonds is 3. The van der Waals surface area contributed by atoms with Gasteiger partial charge < -0.3 is 5.32 Å². The van der Waals surface area contributed by atoms with Crippen LogP contribution >= 0.6 is 27.5 Å². The van der Waals surface area contributed by atoms with Crippen LogP contribution in [-0.4, -0.2) is 23.2 Å². The highest BCUT2D eigenvalue weighted by molar-refractivity contribution is 9.10. The quantitative estimate of drug-likeness (QED) is 0.841. The lowest BCUT2D eigenvalue weighted by Gasteiger charge is -2.04. The number of hydrogen-bond donors (Lipinski definition) is 1. The number of aromatic nitrogens is 2. The Balaban J connectivity index is 2.78. The largest absolute Gasteiger partial charge is 0.366 e. The lowest BCUT2D eigenvalue weighted by atomic mass is 10.5. The Kier molecular flexibility index (Phi) is 3.68. The van der Waals surface area contributed by atoms with Crippen LogP contribution < -0.4 is 5.32 Å². The SMILES string of the molecule is FCCNc1ncnc(Cl)c1Br. The summed E-state index contributed by atoms with van der Waals surface area (Å²) in [7, 11) is 0. The molecule has 1 aromatic heterocycles. The van der Waals surface area contributed by atoms with E-state index in [-0.39, 0.29) is 6.54 Å². The Bertz CT molecular complexity index is 271. The molecule has 0 spiro atoms. The Morgan fingerprint density at radius 2 is 2.33 bits per heavy atom. The van der Waals surface area contributed by atoms with Gasteiger partial charge in [-0.2, -0.15) is 0 Å². The first-order valence-corrected chi connectivity index (χ1v) is 4.38. The normalized spacial score (nSPS) is 9.92. The molecule has 66 valence electrons. The topological polar surface area (TPSA) is 37.8 Å². The molecule has 0 radical (unpaired) electrons.